The Hall–Kier alpha value is -1.53. The first-order chi connectivity index (χ1) is 9.26. The molecule has 5 nitrogen and oxygen atoms in total. The van der Waals surface area contributed by atoms with Crippen molar-refractivity contribution in [1.29, 1.82) is 0 Å². The van der Waals surface area contributed by atoms with Crippen molar-refractivity contribution in [2.24, 2.45) is 0 Å². The lowest BCUT2D eigenvalue weighted by Gasteiger charge is -2.11. The number of pyridine rings is 1. The largest absolute Gasteiger partial charge is 0.378 e. The zero-order valence-electron chi connectivity index (χ0n) is 10.9. The molecule has 0 spiro atoms. The summed E-state index contributed by atoms with van der Waals surface area (Å²) in [5.74, 6) is 1.44. The predicted octanol–water partition coefficient (Wildman–Crippen LogP) is 2.88. The second kappa shape index (κ2) is 6.58. The van der Waals surface area contributed by atoms with Crippen LogP contribution in [0.1, 0.15) is 12.6 Å². The second-order valence-corrected chi connectivity index (χ2v) is 4.65. The van der Waals surface area contributed by atoms with E-state index in [1.54, 1.807) is 19.5 Å². The van der Waals surface area contributed by atoms with Crippen LogP contribution >= 0.6 is 15.9 Å². The van der Waals surface area contributed by atoms with E-state index in [1.807, 2.05) is 19.1 Å². The van der Waals surface area contributed by atoms with Gasteiger partial charge in [0.25, 0.3) is 0 Å². The maximum atomic E-state index is 5.17. The summed E-state index contributed by atoms with van der Waals surface area (Å²) in [4.78, 5) is 13.0. The molecule has 0 fully saturated rings. The van der Waals surface area contributed by atoms with Crippen molar-refractivity contribution in [2.45, 2.75) is 13.5 Å². The molecule has 0 aromatic carbocycles. The number of rotatable bonds is 5. The van der Waals surface area contributed by atoms with Crippen LogP contribution in [0.5, 0.6) is 0 Å². The molecule has 0 saturated carbocycles. The average Bonchev–Trinajstić information content (AvgIpc) is 2.44. The number of nitrogens with zero attached hydrogens (tertiary/aromatic N) is 3. The van der Waals surface area contributed by atoms with E-state index in [4.69, 9.17) is 4.74 Å². The van der Waals surface area contributed by atoms with Gasteiger partial charge >= 0.3 is 0 Å². The van der Waals surface area contributed by atoms with Crippen LogP contribution in [0.4, 0.5) is 5.82 Å². The predicted molar refractivity (Wildman–Crippen MR) is 77.8 cm³/mol. The SMILES string of the molecule is CCNc1nc(-c2ccncc2)nc(COC)c1Br. The van der Waals surface area contributed by atoms with E-state index < -0.39 is 0 Å². The summed E-state index contributed by atoms with van der Waals surface area (Å²) >= 11 is 3.51. The van der Waals surface area contributed by atoms with Crippen molar-refractivity contribution >= 4 is 21.7 Å². The van der Waals surface area contributed by atoms with Gasteiger partial charge in [0.2, 0.25) is 0 Å². The summed E-state index contributed by atoms with van der Waals surface area (Å²) < 4.78 is 6.01. The van der Waals surface area contributed by atoms with Gasteiger partial charge in [-0.25, -0.2) is 9.97 Å². The quantitative estimate of drug-likeness (QED) is 0.917. The number of hydrogen-bond donors (Lipinski definition) is 1. The van der Waals surface area contributed by atoms with Gasteiger partial charge < -0.3 is 10.1 Å². The van der Waals surface area contributed by atoms with Gasteiger partial charge in [0.15, 0.2) is 5.82 Å². The first-order valence-corrected chi connectivity index (χ1v) is 6.75. The zero-order chi connectivity index (χ0) is 13.7. The van der Waals surface area contributed by atoms with Crippen molar-refractivity contribution in [3.8, 4) is 11.4 Å². The lowest BCUT2D eigenvalue weighted by Crippen LogP contribution is -2.06. The number of anilines is 1. The Bertz CT molecular complexity index is 521. The summed E-state index contributed by atoms with van der Waals surface area (Å²) in [7, 11) is 1.65. The van der Waals surface area contributed by atoms with Gasteiger partial charge in [-0.05, 0) is 35.0 Å². The molecule has 0 aliphatic heterocycles. The fourth-order valence-corrected chi connectivity index (χ4v) is 2.07. The maximum absolute atomic E-state index is 5.17. The molecule has 0 aliphatic carbocycles. The van der Waals surface area contributed by atoms with Crippen molar-refractivity contribution < 1.29 is 4.74 Å². The van der Waals surface area contributed by atoms with Gasteiger partial charge in [-0.2, -0.15) is 0 Å². The van der Waals surface area contributed by atoms with Crippen LogP contribution in [0.2, 0.25) is 0 Å². The first-order valence-electron chi connectivity index (χ1n) is 5.95. The van der Waals surface area contributed by atoms with Gasteiger partial charge in [-0.1, -0.05) is 0 Å². The highest BCUT2D eigenvalue weighted by molar-refractivity contribution is 9.10. The molecule has 0 amide bonds. The zero-order valence-corrected chi connectivity index (χ0v) is 12.4. The third-order valence-corrected chi connectivity index (χ3v) is 3.32. The van der Waals surface area contributed by atoms with E-state index in [1.165, 1.54) is 0 Å². The molecule has 0 unspecified atom stereocenters. The summed E-state index contributed by atoms with van der Waals surface area (Å²) in [6, 6.07) is 3.77. The normalized spacial score (nSPS) is 10.5. The highest BCUT2D eigenvalue weighted by atomic mass is 79.9. The van der Waals surface area contributed by atoms with Gasteiger partial charge in [-0.15, -0.1) is 0 Å². The number of hydrogen-bond acceptors (Lipinski definition) is 5. The van der Waals surface area contributed by atoms with Gasteiger partial charge in [0.1, 0.15) is 5.82 Å². The lowest BCUT2D eigenvalue weighted by atomic mass is 10.2. The Morgan fingerprint density at radius 2 is 2.00 bits per heavy atom. The number of methoxy groups -OCH3 is 1. The van der Waals surface area contributed by atoms with Gasteiger partial charge in [-0.3, -0.25) is 4.98 Å². The van der Waals surface area contributed by atoms with E-state index in [9.17, 15) is 0 Å². The van der Waals surface area contributed by atoms with Crippen LogP contribution in [0.3, 0.4) is 0 Å². The Morgan fingerprint density at radius 1 is 1.26 bits per heavy atom. The topological polar surface area (TPSA) is 59.9 Å². The molecular formula is C13H15BrN4O. The molecular weight excluding hydrogens is 308 g/mol. The minimum atomic E-state index is 0.430. The number of aromatic nitrogens is 3. The summed E-state index contributed by atoms with van der Waals surface area (Å²) in [6.07, 6.45) is 3.45. The van der Waals surface area contributed by atoms with Crippen LogP contribution in [0.15, 0.2) is 29.0 Å². The Labute approximate surface area is 120 Å². The van der Waals surface area contributed by atoms with Gasteiger partial charge in [0, 0.05) is 31.6 Å². The highest BCUT2D eigenvalue weighted by Crippen LogP contribution is 2.27. The number of halogens is 1. The minimum Gasteiger partial charge on any atom is -0.378 e. The maximum Gasteiger partial charge on any atom is 0.162 e. The van der Waals surface area contributed by atoms with Crippen molar-refractivity contribution in [3.63, 3.8) is 0 Å². The van der Waals surface area contributed by atoms with E-state index in [2.05, 4.69) is 36.2 Å². The van der Waals surface area contributed by atoms with Crippen LogP contribution in [0.25, 0.3) is 11.4 Å². The van der Waals surface area contributed by atoms with Gasteiger partial charge in [0.05, 0.1) is 16.8 Å². The third-order valence-electron chi connectivity index (χ3n) is 2.48. The molecule has 2 aromatic rings. The second-order valence-electron chi connectivity index (χ2n) is 3.86. The molecule has 0 atom stereocenters. The van der Waals surface area contributed by atoms with E-state index in [0.29, 0.717) is 12.4 Å². The monoisotopic (exact) mass is 322 g/mol. The highest BCUT2D eigenvalue weighted by Gasteiger charge is 2.12. The number of nitrogens with one attached hydrogen (secondary N) is 1. The van der Waals surface area contributed by atoms with Crippen LogP contribution in [-0.4, -0.2) is 28.6 Å². The number of ether oxygens (including phenoxy) is 1. The molecule has 2 heterocycles. The van der Waals surface area contributed by atoms with E-state index >= 15 is 0 Å². The smallest absolute Gasteiger partial charge is 0.162 e. The summed E-state index contributed by atoms with van der Waals surface area (Å²) in [5, 5.41) is 3.22. The van der Waals surface area contributed by atoms with Crippen molar-refractivity contribution in [3.05, 3.63) is 34.7 Å². The fourth-order valence-electron chi connectivity index (χ4n) is 1.64. The molecule has 2 aromatic heterocycles. The van der Waals surface area contributed by atoms with Crippen LogP contribution < -0.4 is 5.32 Å². The first kappa shape index (κ1) is 13.9. The summed E-state index contributed by atoms with van der Waals surface area (Å²) in [5.41, 5.74) is 1.75. The molecule has 1 N–H and O–H groups in total. The van der Waals surface area contributed by atoms with Crippen LogP contribution in [-0.2, 0) is 11.3 Å². The molecule has 6 heteroatoms. The molecule has 100 valence electrons. The van der Waals surface area contributed by atoms with Crippen molar-refractivity contribution in [1.82, 2.24) is 15.0 Å². The third kappa shape index (κ3) is 3.27. The van der Waals surface area contributed by atoms with E-state index in [0.717, 1.165) is 28.1 Å². The molecule has 0 bridgehead atoms. The molecule has 0 saturated heterocycles. The van der Waals surface area contributed by atoms with Crippen LogP contribution in [0, 0.1) is 0 Å². The fraction of sp³-hybridized carbons (Fsp3) is 0.308. The molecule has 19 heavy (non-hydrogen) atoms. The molecule has 0 aliphatic rings. The van der Waals surface area contributed by atoms with Crippen molar-refractivity contribution in [2.75, 3.05) is 19.0 Å². The average molecular weight is 323 g/mol. The molecule has 2 rings (SSSR count). The Morgan fingerprint density at radius 3 is 2.63 bits per heavy atom. The standard InChI is InChI=1S/C13H15BrN4O/c1-3-16-13-11(14)10(8-19-2)17-12(18-13)9-4-6-15-7-5-9/h4-7H,3,8H2,1-2H3,(H,16,17,18). The Kier molecular flexibility index (Phi) is 4.81. The minimum absolute atomic E-state index is 0.430. The lowest BCUT2D eigenvalue weighted by molar-refractivity contribution is 0.181. The summed E-state index contributed by atoms with van der Waals surface area (Å²) in [6.45, 7) is 3.24. The van der Waals surface area contributed by atoms with E-state index in [-0.39, 0.29) is 0 Å². The molecule has 0 radical (unpaired) electrons. The Balaban J connectivity index is 2.49.